The number of hydrogen-bond acceptors (Lipinski definition) is 7. The monoisotopic (exact) mass is 559 g/mol. The highest BCUT2D eigenvalue weighted by Crippen LogP contribution is 2.30. The lowest BCUT2D eigenvalue weighted by Crippen LogP contribution is -2.42. The van der Waals surface area contributed by atoms with Gasteiger partial charge in [-0.15, -0.1) is 11.3 Å². The third-order valence-corrected chi connectivity index (χ3v) is 7.49. The smallest absolute Gasteiger partial charge is 0.323 e. The van der Waals surface area contributed by atoms with Crippen LogP contribution < -0.4 is 20.9 Å². The van der Waals surface area contributed by atoms with Gasteiger partial charge in [0.25, 0.3) is 11.8 Å². The Balaban J connectivity index is 1.09. The Morgan fingerprint density at radius 3 is 2.58 bits per heavy atom. The van der Waals surface area contributed by atoms with E-state index in [-0.39, 0.29) is 17.6 Å². The molecule has 5 rings (SSSR count). The molecule has 4 amide bonds. The normalized spacial score (nSPS) is 13.5. The minimum absolute atomic E-state index is 0.140. The number of anilines is 1. The van der Waals surface area contributed by atoms with Crippen molar-refractivity contribution in [3.05, 3.63) is 82.3 Å². The molecule has 206 valence electrons. The van der Waals surface area contributed by atoms with Crippen LogP contribution in [0.4, 0.5) is 10.6 Å². The standard InChI is InChI=1S/C28H29N7O4S/c1-2-39-21-10-6-9-20(15-21)25(36)33-34-26(37)23-17-40-27(29-23)19-11-13-35(14-12-19)28(38)30-24-16-22(31-32-24)18-7-4-3-5-8-18/h3-10,15-17,19H,2,11-14H2,1H3,(H,33,36)(H,34,37)(H2,30,31,32,38). The van der Waals surface area contributed by atoms with E-state index in [9.17, 15) is 14.4 Å². The molecule has 0 spiro atoms. The van der Waals surface area contributed by atoms with Gasteiger partial charge in [0.1, 0.15) is 11.4 Å². The maximum atomic E-state index is 12.8. The molecule has 1 aliphatic rings. The van der Waals surface area contributed by atoms with Gasteiger partial charge in [-0.2, -0.15) is 5.10 Å². The van der Waals surface area contributed by atoms with Crippen LogP contribution >= 0.6 is 11.3 Å². The molecule has 1 fully saturated rings. The first-order valence-electron chi connectivity index (χ1n) is 13.0. The van der Waals surface area contributed by atoms with Crippen molar-refractivity contribution in [1.82, 2.24) is 30.9 Å². The summed E-state index contributed by atoms with van der Waals surface area (Å²) in [6.07, 6.45) is 1.45. The number of H-pyrrole nitrogens is 1. The van der Waals surface area contributed by atoms with Crippen molar-refractivity contribution in [2.45, 2.75) is 25.7 Å². The number of nitrogens with one attached hydrogen (secondary N) is 4. The quantitative estimate of drug-likeness (QED) is 0.247. The van der Waals surface area contributed by atoms with Gasteiger partial charge in [-0.05, 0) is 43.5 Å². The number of hydrazine groups is 1. The third kappa shape index (κ3) is 6.46. The number of hydrogen-bond donors (Lipinski definition) is 4. The van der Waals surface area contributed by atoms with Crippen LogP contribution in [0.15, 0.2) is 66.0 Å². The number of aromatic nitrogens is 3. The van der Waals surface area contributed by atoms with Crippen LogP contribution in [-0.4, -0.2) is 57.6 Å². The maximum Gasteiger partial charge on any atom is 0.323 e. The van der Waals surface area contributed by atoms with Crippen molar-refractivity contribution in [3.8, 4) is 17.0 Å². The van der Waals surface area contributed by atoms with Crippen molar-refractivity contribution >= 4 is 35.0 Å². The van der Waals surface area contributed by atoms with Crippen LogP contribution in [0.1, 0.15) is 51.5 Å². The lowest BCUT2D eigenvalue weighted by molar-refractivity contribution is 0.0844. The number of benzene rings is 2. The summed E-state index contributed by atoms with van der Waals surface area (Å²) in [6, 6.07) is 18.1. The van der Waals surface area contributed by atoms with Crippen LogP contribution in [0.25, 0.3) is 11.3 Å². The van der Waals surface area contributed by atoms with Gasteiger partial charge < -0.3 is 9.64 Å². The predicted molar refractivity (Wildman–Crippen MR) is 151 cm³/mol. The Hall–Kier alpha value is -4.71. The lowest BCUT2D eigenvalue weighted by atomic mass is 9.98. The van der Waals surface area contributed by atoms with Gasteiger partial charge in [0.2, 0.25) is 0 Å². The number of nitrogens with zero attached hydrogens (tertiary/aromatic N) is 3. The summed E-state index contributed by atoms with van der Waals surface area (Å²) < 4.78 is 5.41. The van der Waals surface area contributed by atoms with E-state index in [4.69, 9.17) is 4.74 Å². The Morgan fingerprint density at radius 2 is 1.80 bits per heavy atom. The van der Waals surface area contributed by atoms with E-state index < -0.39 is 11.8 Å². The highest BCUT2D eigenvalue weighted by molar-refractivity contribution is 7.09. The zero-order valence-corrected chi connectivity index (χ0v) is 22.7. The van der Waals surface area contributed by atoms with Crippen molar-refractivity contribution in [3.63, 3.8) is 0 Å². The van der Waals surface area contributed by atoms with Crippen molar-refractivity contribution in [1.29, 1.82) is 0 Å². The topological polar surface area (TPSA) is 141 Å². The molecule has 0 radical (unpaired) electrons. The van der Waals surface area contributed by atoms with Gasteiger partial charge in [0.05, 0.1) is 17.3 Å². The first-order chi connectivity index (χ1) is 19.5. The highest BCUT2D eigenvalue weighted by atomic mass is 32.1. The number of likely N-dealkylation sites (tertiary alicyclic amines) is 1. The van der Waals surface area contributed by atoms with E-state index in [1.807, 2.05) is 43.3 Å². The Kier molecular flexibility index (Phi) is 8.35. The summed E-state index contributed by atoms with van der Waals surface area (Å²) in [5.74, 6) is 0.231. The van der Waals surface area contributed by atoms with Crippen LogP contribution in [0.2, 0.25) is 0 Å². The molecular formula is C28H29N7O4S. The molecule has 4 N–H and O–H groups in total. The molecule has 0 bridgehead atoms. The number of thiazole rings is 1. The van der Waals surface area contributed by atoms with Crippen LogP contribution in [-0.2, 0) is 0 Å². The summed E-state index contributed by atoms with van der Waals surface area (Å²) in [6.45, 7) is 3.47. The SMILES string of the molecule is CCOc1cccc(C(=O)NNC(=O)c2csc(C3CCN(C(=O)Nc4cc(-c5ccccc5)[nH]n4)CC3)n2)c1. The largest absolute Gasteiger partial charge is 0.494 e. The second kappa shape index (κ2) is 12.4. The number of amides is 4. The second-order valence-electron chi connectivity index (χ2n) is 9.16. The summed E-state index contributed by atoms with van der Waals surface area (Å²) in [7, 11) is 0. The average Bonchev–Trinajstić information content (AvgIpc) is 3.67. The number of urea groups is 1. The van der Waals surface area contributed by atoms with E-state index in [2.05, 4.69) is 31.3 Å². The molecule has 1 aliphatic heterocycles. The second-order valence-corrected chi connectivity index (χ2v) is 10.1. The molecule has 2 aromatic carbocycles. The molecular weight excluding hydrogens is 530 g/mol. The van der Waals surface area contributed by atoms with E-state index in [1.165, 1.54) is 11.3 Å². The first kappa shape index (κ1) is 26.9. The van der Waals surface area contributed by atoms with Gasteiger partial charge in [-0.25, -0.2) is 9.78 Å². The van der Waals surface area contributed by atoms with E-state index >= 15 is 0 Å². The number of carbonyl (C=O) groups is 3. The fraction of sp³-hybridized carbons (Fsp3) is 0.250. The van der Waals surface area contributed by atoms with Gasteiger partial charge in [-0.1, -0.05) is 36.4 Å². The molecule has 0 saturated carbocycles. The fourth-order valence-corrected chi connectivity index (χ4v) is 5.36. The predicted octanol–water partition coefficient (Wildman–Crippen LogP) is 4.42. The number of piperidine rings is 1. The summed E-state index contributed by atoms with van der Waals surface area (Å²) in [4.78, 5) is 44.0. The Labute approximate surface area is 234 Å². The van der Waals surface area contributed by atoms with Crippen molar-refractivity contribution in [2.24, 2.45) is 0 Å². The summed E-state index contributed by atoms with van der Waals surface area (Å²) in [5.41, 5.74) is 7.25. The first-order valence-corrected chi connectivity index (χ1v) is 13.8. The van der Waals surface area contributed by atoms with Crippen LogP contribution in [0.5, 0.6) is 5.75 Å². The van der Waals surface area contributed by atoms with Gasteiger partial charge in [0, 0.05) is 36.0 Å². The molecule has 0 atom stereocenters. The lowest BCUT2D eigenvalue weighted by Gasteiger charge is -2.30. The van der Waals surface area contributed by atoms with Gasteiger partial charge >= 0.3 is 6.03 Å². The average molecular weight is 560 g/mol. The fourth-order valence-electron chi connectivity index (χ4n) is 4.39. The van der Waals surface area contributed by atoms with Crippen molar-refractivity contribution < 1.29 is 19.1 Å². The van der Waals surface area contributed by atoms with E-state index in [1.54, 1.807) is 34.5 Å². The summed E-state index contributed by atoms with van der Waals surface area (Å²) >= 11 is 1.40. The molecule has 11 nitrogen and oxygen atoms in total. The maximum absolute atomic E-state index is 12.8. The number of carbonyl (C=O) groups excluding carboxylic acids is 3. The minimum Gasteiger partial charge on any atom is -0.494 e. The van der Waals surface area contributed by atoms with E-state index in [0.29, 0.717) is 36.8 Å². The Bertz CT molecular complexity index is 1480. The molecule has 2 aromatic heterocycles. The van der Waals surface area contributed by atoms with Crippen LogP contribution in [0, 0.1) is 0 Å². The molecule has 4 aromatic rings. The molecule has 3 heterocycles. The van der Waals surface area contributed by atoms with Crippen molar-refractivity contribution in [2.75, 3.05) is 25.0 Å². The minimum atomic E-state index is -0.498. The molecule has 0 unspecified atom stereocenters. The highest BCUT2D eigenvalue weighted by Gasteiger charge is 2.27. The molecule has 0 aliphatic carbocycles. The van der Waals surface area contributed by atoms with Gasteiger partial charge in [0.15, 0.2) is 5.82 Å². The zero-order chi connectivity index (χ0) is 27.9. The molecule has 1 saturated heterocycles. The Morgan fingerprint density at radius 1 is 1.02 bits per heavy atom. The number of ether oxygens (including phenoxy) is 1. The third-order valence-electron chi connectivity index (χ3n) is 6.48. The summed E-state index contributed by atoms with van der Waals surface area (Å²) in [5, 5.41) is 12.5. The van der Waals surface area contributed by atoms with Gasteiger partial charge in [-0.3, -0.25) is 30.9 Å². The van der Waals surface area contributed by atoms with Crippen LogP contribution in [0.3, 0.4) is 0 Å². The zero-order valence-electron chi connectivity index (χ0n) is 21.8. The van der Waals surface area contributed by atoms with E-state index in [0.717, 1.165) is 29.1 Å². The molecule has 12 heteroatoms. The molecule has 40 heavy (non-hydrogen) atoms. The number of aromatic amines is 1. The number of rotatable bonds is 7.